The monoisotopic (exact) mass is 317 g/mol. The average Bonchev–Trinajstić information content (AvgIpc) is 2.53. The number of benzene rings is 1. The molecule has 0 atom stereocenters. The molecule has 5 nitrogen and oxygen atoms in total. The Morgan fingerprint density at radius 3 is 3.05 bits per heavy atom. The van der Waals surface area contributed by atoms with Crippen molar-refractivity contribution in [3.05, 3.63) is 64.8 Å². The molecule has 0 aromatic heterocycles. The second-order valence-corrected chi connectivity index (χ2v) is 5.32. The van der Waals surface area contributed by atoms with Crippen LogP contribution in [0.2, 0.25) is 5.02 Å². The van der Waals surface area contributed by atoms with Crippen molar-refractivity contribution in [2.45, 2.75) is 0 Å². The number of fused-ring (bicyclic) bond motifs is 1. The number of nitrogens with zero attached hydrogens (tertiary/aromatic N) is 2. The number of hydrogen-bond donors (Lipinski definition) is 2. The van der Waals surface area contributed by atoms with Crippen molar-refractivity contribution < 1.29 is 9.84 Å². The van der Waals surface area contributed by atoms with Crippen LogP contribution in [-0.4, -0.2) is 36.1 Å². The van der Waals surface area contributed by atoms with E-state index in [2.05, 4.69) is 10.3 Å². The molecule has 22 heavy (non-hydrogen) atoms. The van der Waals surface area contributed by atoms with Gasteiger partial charge in [-0.15, -0.1) is 0 Å². The van der Waals surface area contributed by atoms with Crippen molar-refractivity contribution in [2.24, 2.45) is 4.99 Å². The normalized spacial score (nSPS) is 17.0. The second-order valence-electron chi connectivity index (χ2n) is 4.89. The van der Waals surface area contributed by atoms with E-state index in [1.54, 1.807) is 13.2 Å². The van der Waals surface area contributed by atoms with Gasteiger partial charge in [0.25, 0.3) is 0 Å². The zero-order chi connectivity index (χ0) is 15.5. The molecule has 0 spiro atoms. The molecule has 114 valence electrons. The van der Waals surface area contributed by atoms with Crippen LogP contribution in [0.4, 0.5) is 5.69 Å². The molecule has 3 rings (SSSR count). The number of allylic oxidation sites excluding steroid dienone is 2. The molecule has 2 heterocycles. The van der Waals surface area contributed by atoms with Gasteiger partial charge in [-0.3, -0.25) is 0 Å². The van der Waals surface area contributed by atoms with E-state index in [0.717, 1.165) is 11.3 Å². The highest BCUT2D eigenvalue weighted by Crippen LogP contribution is 2.24. The van der Waals surface area contributed by atoms with Crippen molar-refractivity contribution in [3.8, 4) is 0 Å². The maximum absolute atomic E-state index is 9.62. The Morgan fingerprint density at radius 2 is 2.32 bits per heavy atom. The van der Waals surface area contributed by atoms with Crippen molar-refractivity contribution in [1.82, 2.24) is 4.90 Å². The maximum Gasteiger partial charge on any atom is 0.177 e. The van der Waals surface area contributed by atoms with E-state index in [1.807, 2.05) is 41.5 Å². The number of methoxy groups -OCH3 is 1. The van der Waals surface area contributed by atoms with Gasteiger partial charge in [0, 0.05) is 22.5 Å². The van der Waals surface area contributed by atoms with Crippen LogP contribution in [0.25, 0.3) is 0 Å². The molecule has 0 saturated heterocycles. The van der Waals surface area contributed by atoms with Crippen LogP contribution in [0.5, 0.6) is 0 Å². The number of hydrogen-bond acceptors (Lipinski definition) is 5. The molecule has 0 bridgehead atoms. The van der Waals surface area contributed by atoms with E-state index in [4.69, 9.17) is 16.3 Å². The maximum atomic E-state index is 9.62. The molecule has 2 aliphatic heterocycles. The van der Waals surface area contributed by atoms with Gasteiger partial charge in [0.15, 0.2) is 11.6 Å². The van der Waals surface area contributed by atoms with Gasteiger partial charge in [-0.2, -0.15) is 0 Å². The Kier molecular flexibility index (Phi) is 4.18. The van der Waals surface area contributed by atoms with E-state index in [0.29, 0.717) is 29.0 Å². The zero-order valence-electron chi connectivity index (χ0n) is 12.1. The first-order chi connectivity index (χ1) is 10.7. The van der Waals surface area contributed by atoms with E-state index in [-0.39, 0.29) is 6.61 Å². The number of aliphatic imine (C=N–C) groups is 1. The standard InChI is InChI=1S/C16H16ClN3O2/c1-22-14-6-3-7-20-9-11(10-21)15(19-16(14)20)18-13-5-2-4-12(17)8-13/h2-8,18,21H,9-10H2,1H3. The first-order valence-electron chi connectivity index (χ1n) is 6.85. The van der Waals surface area contributed by atoms with Crippen molar-refractivity contribution >= 4 is 23.1 Å². The molecule has 2 aliphatic rings. The number of halogens is 1. The third kappa shape index (κ3) is 2.86. The smallest absolute Gasteiger partial charge is 0.177 e. The summed E-state index contributed by atoms with van der Waals surface area (Å²) in [6.45, 7) is 0.478. The lowest BCUT2D eigenvalue weighted by Gasteiger charge is -2.31. The number of aliphatic hydroxyl groups excluding tert-OH is 1. The quantitative estimate of drug-likeness (QED) is 0.896. The highest BCUT2D eigenvalue weighted by atomic mass is 35.5. The van der Waals surface area contributed by atoms with Gasteiger partial charge < -0.3 is 20.1 Å². The summed E-state index contributed by atoms with van der Waals surface area (Å²) in [6, 6.07) is 7.37. The summed E-state index contributed by atoms with van der Waals surface area (Å²) in [5.41, 5.74) is 1.62. The number of aliphatic hydroxyl groups is 1. The molecule has 2 N–H and O–H groups in total. The molecule has 1 aromatic rings. The minimum atomic E-state index is -0.0734. The van der Waals surface area contributed by atoms with Gasteiger partial charge in [0.05, 0.1) is 20.3 Å². The third-order valence-corrected chi connectivity index (χ3v) is 3.65. The summed E-state index contributed by atoms with van der Waals surface area (Å²) in [5.74, 6) is 2.02. The van der Waals surface area contributed by atoms with Gasteiger partial charge in [-0.05, 0) is 30.4 Å². The Morgan fingerprint density at radius 1 is 1.45 bits per heavy atom. The Hall–Kier alpha value is -2.24. The van der Waals surface area contributed by atoms with Gasteiger partial charge in [-0.25, -0.2) is 4.99 Å². The highest BCUT2D eigenvalue weighted by Gasteiger charge is 2.25. The van der Waals surface area contributed by atoms with Crippen LogP contribution in [0, 0.1) is 0 Å². The van der Waals surface area contributed by atoms with Crippen LogP contribution in [0.1, 0.15) is 0 Å². The molecular weight excluding hydrogens is 302 g/mol. The molecule has 6 heteroatoms. The first-order valence-corrected chi connectivity index (χ1v) is 7.22. The Balaban J connectivity index is 1.94. The van der Waals surface area contributed by atoms with Gasteiger partial charge in [-0.1, -0.05) is 17.7 Å². The van der Waals surface area contributed by atoms with Crippen molar-refractivity contribution in [3.63, 3.8) is 0 Å². The minimum absolute atomic E-state index is 0.0734. The Bertz CT molecular complexity index is 707. The summed E-state index contributed by atoms with van der Waals surface area (Å²) in [4.78, 5) is 6.53. The lowest BCUT2D eigenvalue weighted by Crippen LogP contribution is -2.36. The number of amidine groups is 1. The molecule has 0 amide bonds. The van der Waals surface area contributed by atoms with Gasteiger partial charge >= 0.3 is 0 Å². The van der Waals surface area contributed by atoms with Crippen LogP contribution in [0.3, 0.4) is 0 Å². The SMILES string of the molecule is COC1=CC=CN2CC(CO)=C(Nc3cccc(Cl)c3)N=C12. The Labute approximate surface area is 133 Å². The first kappa shape index (κ1) is 14.7. The van der Waals surface area contributed by atoms with Crippen LogP contribution in [0.15, 0.2) is 64.8 Å². The van der Waals surface area contributed by atoms with Crippen LogP contribution < -0.4 is 5.32 Å². The lowest BCUT2D eigenvalue weighted by molar-refractivity contribution is 0.298. The molecule has 0 unspecified atom stereocenters. The fourth-order valence-electron chi connectivity index (χ4n) is 2.34. The fourth-order valence-corrected chi connectivity index (χ4v) is 2.53. The molecular formula is C16H16ClN3O2. The summed E-state index contributed by atoms with van der Waals surface area (Å²) < 4.78 is 5.35. The summed E-state index contributed by atoms with van der Waals surface area (Å²) in [6.07, 6.45) is 5.66. The highest BCUT2D eigenvalue weighted by molar-refractivity contribution is 6.30. The van der Waals surface area contributed by atoms with Crippen LogP contribution >= 0.6 is 11.6 Å². The van der Waals surface area contributed by atoms with Gasteiger partial charge in [0.2, 0.25) is 0 Å². The van der Waals surface area contributed by atoms with Crippen molar-refractivity contribution in [2.75, 3.05) is 25.6 Å². The fraction of sp³-hybridized carbons (Fsp3) is 0.188. The van der Waals surface area contributed by atoms with E-state index >= 15 is 0 Å². The van der Waals surface area contributed by atoms with E-state index in [1.165, 1.54) is 0 Å². The lowest BCUT2D eigenvalue weighted by atomic mass is 10.1. The number of anilines is 1. The van der Waals surface area contributed by atoms with Crippen LogP contribution in [-0.2, 0) is 4.74 Å². The molecule has 0 radical (unpaired) electrons. The number of rotatable bonds is 4. The summed E-state index contributed by atoms with van der Waals surface area (Å²) in [7, 11) is 1.61. The van der Waals surface area contributed by atoms with Crippen molar-refractivity contribution in [1.29, 1.82) is 0 Å². The molecule has 0 fully saturated rings. The van der Waals surface area contributed by atoms with E-state index < -0.39 is 0 Å². The molecule has 0 aliphatic carbocycles. The average molecular weight is 318 g/mol. The van der Waals surface area contributed by atoms with E-state index in [9.17, 15) is 5.11 Å². The summed E-state index contributed by atoms with van der Waals surface area (Å²) >= 11 is 6.00. The number of nitrogens with one attached hydrogen (secondary N) is 1. The zero-order valence-corrected chi connectivity index (χ0v) is 12.8. The molecule has 0 saturated carbocycles. The number of ether oxygens (including phenoxy) is 1. The second kappa shape index (κ2) is 6.25. The molecule has 1 aromatic carbocycles. The predicted molar refractivity (Wildman–Crippen MR) is 87.6 cm³/mol. The van der Waals surface area contributed by atoms with Gasteiger partial charge in [0.1, 0.15) is 5.82 Å². The summed E-state index contributed by atoms with van der Waals surface area (Å²) in [5, 5.41) is 13.5. The predicted octanol–water partition coefficient (Wildman–Crippen LogP) is 2.73. The minimum Gasteiger partial charge on any atom is -0.493 e. The third-order valence-electron chi connectivity index (χ3n) is 3.42. The largest absolute Gasteiger partial charge is 0.493 e. The topological polar surface area (TPSA) is 57.1 Å².